The number of halogens is 1. The summed E-state index contributed by atoms with van der Waals surface area (Å²) in [5, 5.41) is 12.3. The standard InChI is InChI=1S/C25H21IN2O3/c1-2-30-23-13-11-22(12-14-23)28-25(29)20(16-27)15-19-5-3-4-6-24(19)31-17-18-7-9-21(26)10-8-18/h3-15H,2,17H2,1H3,(H,28,29)/b20-15+. The van der Waals surface area contributed by atoms with Crippen LogP contribution in [-0.2, 0) is 11.4 Å². The summed E-state index contributed by atoms with van der Waals surface area (Å²) in [7, 11) is 0. The van der Waals surface area contributed by atoms with Crippen LogP contribution in [-0.4, -0.2) is 12.5 Å². The minimum absolute atomic E-state index is 0.0146. The fraction of sp³-hybridized carbons (Fsp3) is 0.120. The van der Waals surface area contributed by atoms with E-state index in [1.54, 1.807) is 24.3 Å². The Balaban J connectivity index is 1.73. The van der Waals surface area contributed by atoms with Gasteiger partial charge in [0.15, 0.2) is 0 Å². The number of para-hydroxylation sites is 1. The first-order valence-corrected chi connectivity index (χ1v) is 10.8. The lowest BCUT2D eigenvalue weighted by molar-refractivity contribution is -0.112. The van der Waals surface area contributed by atoms with Crippen molar-refractivity contribution in [1.82, 2.24) is 0 Å². The summed E-state index contributed by atoms with van der Waals surface area (Å²) in [4.78, 5) is 12.6. The van der Waals surface area contributed by atoms with Gasteiger partial charge in [0.1, 0.15) is 29.7 Å². The second-order valence-electron chi connectivity index (χ2n) is 6.53. The molecule has 31 heavy (non-hydrogen) atoms. The summed E-state index contributed by atoms with van der Waals surface area (Å²) in [5.41, 5.74) is 2.26. The van der Waals surface area contributed by atoms with Crippen LogP contribution in [0.5, 0.6) is 11.5 Å². The molecular weight excluding hydrogens is 503 g/mol. The number of hydrogen-bond donors (Lipinski definition) is 1. The highest BCUT2D eigenvalue weighted by atomic mass is 127. The van der Waals surface area contributed by atoms with Crippen molar-refractivity contribution in [3.63, 3.8) is 0 Å². The summed E-state index contributed by atoms with van der Waals surface area (Å²) in [6, 6.07) is 24.3. The Morgan fingerprint density at radius 3 is 2.42 bits per heavy atom. The predicted octanol–water partition coefficient (Wildman–Crippen LogP) is 5.81. The zero-order chi connectivity index (χ0) is 22.1. The van der Waals surface area contributed by atoms with Gasteiger partial charge in [-0.3, -0.25) is 4.79 Å². The number of anilines is 1. The molecule has 3 aromatic rings. The van der Waals surface area contributed by atoms with Crippen LogP contribution in [0.1, 0.15) is 18.1 Å². The Bertz CT molecular complexity index is 1100. The average molecular weight is 524 g/mol. The van der Waals surface area contributed by atoms with Crippen molar-refractivity contribution in [2.45, 2.75) is 13.5 Å². The van der Waals surface area contributed by atoms with Gasteiger partial charge in [0.25, 0.3) is 5.91 Å². The van der Waals surface area contributed by atoms with Gasteiger partial charge >= 0.3 is 0 Å². The highest BCUT2D eigenvalue weighted by Gasteiger charge is 2.11. The van der Waals surface area contributed by atoms with Gasteiger partial charge in [0.2, 0.25) is 0 Å². The van der Waals surface area contributed by atoms with Crippen molar-refractivity contribution in [3.8, 4) is 17.6 Å². The molecule has 156 valence electrons. The van der Waals surface area contributed by atoms with E-state index in [4.69, 9.17) is 9.47 Å². The lowest BCUT2D eigenvalue weighted by Crippen LogP contribution is -2.13. The fourth-order valence-corrected chi connectivity index (χ4v) is 3.14. The van der Waals surface area contributed by atoms with Crippen molar-refractivity contribution < 1.29 is 14.3 Å². The van der Waals surface area contributed by atoms with E-state index < -0.39 is 5.91 Å². The van der Waals surface area contributed by atoms with Crippen molar-refractivity contribution in [3.05, 3.63) is 93.1 Å². The Kier molecular flexibility index (Phi) is 8.07. The van der Waals surface area contributed by atoms with Crippen LogP contribution in [0.2, 0.25) is 0 Å². The molecule has 1 amide bonds. The molecule has 5 nitrogen and oxygen atoms in total. The van der Waals surface area contributed by atoms with E-state index >= 15 is 0 Å². The molecule has 0 unspecified atom stereocenters. The third-order valence-corrected chi connectivity index (χ3v) is 5.03. The number of nitrogens with one attached hydrogen (secondary N) is 1. The molecule has 0 aliphatic carbocycles. The minimum Gasteiger partial charge on any atom is -0.494 e. The van der Waals surface area contributed by atoms with Gasteiger partial charge in [-0.15, -0.1) is 0 Å². The Hall–Kier alpha value is -3.31. The number of nitriles is 1. The molecule has 0 saturated carbocycles. The third kappa shape index (κ3) is 6.59. The largest absolute Gasteiger partial charge is 0.494 e. The number of amides is 1. The van der Waals surface area contributed by atoms with Crippen LogP contribution >= 0.6 is 22.6 Å². The average Bonchev–Trinajstić information content (AvgIpc) is 2.79. The SMILES string of the molecule is CCOc1ccc(NC(=O)/C(C#N)=C/c2ccccc2OCc2ccc(I)cc2)cc1. The molecule has 0 heterocycles. The van der Waals surface area contributed by atoms with Gasteiger partial charge in [0, 0.05) is 14.8 Å². The third-order valence-electron chi connectivity index (χ3n) is 4.31. The van der Waals surface area contributed by atoms with E-state index in [0.717, 1.165) is 14.9 Å². The molecule has 3 aromatic carbocycles. The maximum absolute atomic E-state index is 12.6. The molecule has 0 aliphatic heterocycles. The molecule has 0 aromatic heterocycles. The zero-order valence-electron chi connectivity index (χ0n) is 17.0. The second kappa shape index (κ2) is 11.2. The number of nitrogens with zero attached hydrogens (tertiary/aromatic N) is 1. The first kappa shape index (κ1) is 22.4. The second-order valence-corrected chi connectivity index (χ2v) is 7.78. The van der Waals surface area contributed by atoms with Gasteiger partial charge in [-0.1, -0.05) is 30.3 Å². The minimum atomic E-state index is -0.487. The molecule has 1 N–H and O–H groups in total. The Morgan fingerprint density at radius 1 is 1.03 bits per heavy atom. The van der Waals surface area contributed by atoms with Crippen LogP contribution in [0.15, 0.2) is 78.4 Å². The Labute approximate surface area is 195 Å². The maximum Gasteiger partial charge on any atom is 0.266 e. The van der Waals surface area contributed by atoms with E-state index in [-0.39, 0.29) is 5.57 Å². The van der Waals surface area contributed by atoms with Gasteiger partial charge in [-0.25, -0.2) is 0 Å². The first-order chi connectivity index (χ1) is 15.1. The van der Waals surface area contributed by atoms with E-state index in [1.807, 2.05) is 61.5 Å². The van der Waals surface area contributed by atoms with Crippen molar-refractivity contribution in [2.75, 3.05) is 11.9 Å². The normalized spacial score (nSPS) is 10.8. The molecule has 0 bridgehead atoms. The number of carbonyl (C=O) groups excluding carboxylic acids is 1. The summed E-state index contributed by atoms with van der Waals surface area (Å²) in [5.74, 6) is 0.831. The monoisotopic (exact) mass is 524 g/mol. The maximum atomic E-state index is 12.6. The molecule has 0 radical (unpaired) electrons. The van der Waals surface area contributed by atoms with Gasteiger partial charge in [0.05, 0.1) is 6.61 Å². The van der Waals surface area contributed by atoms with Crippen molar-refractivity contribution in [1.29, 1.82) is 5.26 Å². The lowest BCUT2D eigenvalue weighted by atomic mass is 10.1. The zero-order valence-corrected chi connectivity index (χ0v) is 19.1. The smallest absolute Gasteiger partial charge is 0.266 e. The topological polar surface area (TPSA) is 71.3 Å². The summed E-state index contributed by atoms with van der Waals surface area (Å²) >= 11 is 2.25. The first-order valence-electron chi connectivity index (χ1n) is 9.71. The number of hydrogen-bond acceptors (Lipinski definition) is 4. The molecule has 3 rings (SSSR count). The van der Waals surface area contributed by atoms with E-state index in [1.165, 1.54) is 6.08 Å². The molecule has 0 atom stereocenters. The molecule has 0 saturated heterocycles. The lowest BCUT2D eigenvalue weighted by Gasteiger charge is -2.10. The molecular formula is C25H21IN2O3. The van der Waals surface area contributed by atoms with E-state index in [9.17, 15) is 10.1 Å². The van der Waals surface area contributed by atoms with E-state index in [2.05, 4.69) is 27.9 Å². The molecule has 0 aliphatic rings. The quantitative estimate of drug-likeness (QED) is 0.229. The fourth-order valence-electron chi connectivity index (χ4n) is 2.78. The number of benzene rings is 3. The summed E-state index contributed by atoms with van der Waals surface area (Å²) in [6.45, 7) is 2.86. The van der Waals surface area contributed by atoms with Crippen molar-refractivity contribution in [2.24, 2.45) is 0 Å². The van der Waals surface area contributed by atoms with Crippen LogP contribution in [0.4, 0.5) is 5.69 Å². The highest BCUT2D eigenvalue weighted by molar-refractivity contribution is 14.1. The van der Waals surface area contributed by atoms with Crippen LogP contribution in [0, 0.1) is 14.9 Å². The number of rotatable bonds is 8. The van der Waals surface area contributed by atoms with Gasteiger partial charge in [-0.05, 0) is 83.6 Å². The van der Waals surface area contributed by atoms with Gasteiger partial charge in [-0.2, -0.15) is 5.26 Å². The van der Waals surface area contributed by atoms with Crippen LogP contribution in [0.3, 0.4) is 0 Å². The predicted molar refractivity (Wildman–Crippen MR) is 130 cm³/mol. The van der Waals surface area contributed by atoms with Crippen LogP contribution in [0.25, 0.3) is 6.08 Å². The summed E-state index contributed by atoms with van der Waals surface area (Å²) < 4.78 is 12.5. The summed E-state index contributed by atoms with van der Waals surface area (Å²) in [6.07, 6.45) is 1.53. The number of carbonyl (C=O) groups is 1. The number of ether oxygens (including phenoxy) is 2. The van der Waals surface area contributed by atoms with E-state index in [0.29, 0.717) is 30.2 Å². The molecule has 0 fully saturated rings. The Morgan fingerprint density at radius 2 is 1.74 bits per heavy atom. The van der Waals surface area contributed by atoms with Gasteiger partial charge < -0.3 is 14.8 Å². The highest BCUT2D eigenvalue weighted by Crippen LogP contribution is 2.23. The van der Waals surface area contributed by atoms with Crippen LogP contribution < -0.4 is 14.8 Å². The van der Waals surface area contributed by atoms with Crippen molar-refractivity contribution >= 4 is 40.3 Å². The molecule has 0 spiro atoms. The molecule has 6 heteroatoms.